The number of methoxy groups -OCH3 is 1. The Kier molecular flexibility index (Phi) is 5.91. The van der Waals surface area contributed by atoms with E-state index in [0.717, 1.165) is 12.8 Å². The van der Waals surface area contributed by atoms with Crippen LogP contribution in [0.2, 0.25) is 0 Å². The molecule has 1 fully saturated rings. The lowest BCUT2D eigenvalue weighted by Gasteiger charge is -2.17. The van der Waals surface area contributed by atoms with Crippen molar-refractivity contribution >= 4 is 29.4 Å². The molecule has 4 rings (SSSR count). The summed E-state index contributed by atoms with van der Waals surface area (Å²) in [6, 6.07) is 8.99. The van der Waals surface area contributed by atoms with Crippen molar-refractivity contribution in [1.29, 1.82) is 0 Å². The van der Waals surface area contributed by atoms with Crippen LogP contribution in [0.25, 0.3) is 0 Å². The van der Waals surface area contributed by atoms with Crippen molar-refractivity contribution in [1.82, 2.24) is 4.90 Å². The second-order valence-corrected chi connectivity index (χ2v) is 7.53. The highest BCUT2D eigenvalue weighted by atomic mass is 16.6. The Bertz CT molecular complexity index is 1110. The van der Waals surface area contributed by atoms with E-state index in [1.807, 2.05) is 0 Å². The zero-order chi connectivity index (χ0) is 22.8. The van der Waals surface area contributed by atoms with Crippen molar-refractivity contribution in [3.63, 3.8) is 0 Å². The SMILES string of the molecule is COc1cc(C(=O)Nc2ccc3c(c2)C(=O)N(CC2CCCO2)C3=O)ccc1OC(C)=O. The fraction of sp³-hybridized carbons (Fsp3) is 0.304. The molecule has 2 heterocycles. The number of fused-ring (bicyclic) bond motifs is 1. The van der Waals surface area contributed by atoms with Crippen molar-refractivity contribution < 1.29 is 33.4 Å². The molecule has 9 heteroatoms. The van der Waals surface area contributed by atoms with Gasteiger partial charge < -0.3 is 19.5 Å². The van der Waals surface area contributed by atoms with Gasteiger partial charge in [0, 0.05) is 24.8 Å². The van der Waals surface area contributed by atoms with Crippen molar-refractivity contribution in [3.8, 4) is 11.5 Å². The highest BCUT2D eigenvalue weighted by Gasteiger charge is 2.37. The minimum absolute atomic E-state index is 0.138. The molecule has 1 N–H and O–H groups in total. The Morgan fingerprint density at radius 3 is 2.56 bits per heavy atom. The van der Waals surface area contributed by atoms with Crippen LogP contribution in [0, 0.1) is 0 Å². The summed E-state index contributed by atoms with van der Waals surface area (Å²) in [7, 11) is 1.40. The lowest BCUT2D eigenvalue weighted by atomic mass is 10.1. The number of hydrogen-bond acceptors (Lipinski definition) is 7. The van der Waals surface area contributed by atoms with Gasteiger partial charge in [0.2, 0.25) is 0 Å². The van der Waals surface area contributed by atoms with E-state index in [1.54, 1.807) is 6.07 Å². The Labute approximate surface area is 184 Å². The maximum atomic E-state index is 12.8. The lowest BCUT2D eigenvalue weighted by molar-refractivity contribution is -0.132. The number of esters is 1. The molecule has 0 spiro atoms. The summed E-state index contributed by atoms with van der Waals surface area (Å²) in [6.07, 6.45) is 1.59. The Morgan fingerprint density at radius 1 is 1.09 bits per heavy atom. The third-order valence-corrected chi connectivity index (χ3v) is 5.32. The van der Waals surface area contributed by atoms with Gasteiger partial charge in [0.25, 0.3) is 17.7 Å². The van der Waals surface area contributed by atoms with Gasteiger partial charge in [-0.1, -0.05) is 0 Å². The summed E-state index contributed by atoms with van der Waals surface area (Å²) in [6.45, 7) is 2.13. The number of nitrogens with one attached hydrogen (secondary N) is 1. The van der Waals surface area contributed by atoms with Crippen LogP contribution in [-0.2, 0) is 9.53 Å². The van der Waals surface area contributed by atoms with Gasteiger partial charge in [-0.05, 0) is 49.2 Å². The number of amides is 3. The predicted molar refractivity (Wildman–Crippen MR) is 113 cm³/mol. The minimum Gasteiger partial charge on any atom is -0.493 e. The van der Waals surface area contributed by atoms with Crippen LogP contribution in [0.5, 0.6) is 11.5 Å². The molecule has 9 nitrogen and oxygen atoms in total. The third kappa shape index (κ3) is 4.19. The van der Waals surface area contributed by atoms with Gasteiger partial charge in [0.1, 0.15) is 0 Å². The number of carbonyl (C=O) groups is 4. The molecule has 1 atom stereocenters. The van der Waals surface area contributed by atoms with E-state index in [-0.39, 0.29) is 41.2 Å². The quantitative estimate of drug-likeness (QED) is 0.419. The normalized spacial score (nSPS) is 17.3. The van der Waals surface area contributed by atoms with Gasteiger partial charge in [-0.15, -0.1) is 0 Å². The molecule has 166 valence electrons. The first kappa shape index (κ1) is 21.5. The minimum atomic E-state index is -0.508. The average molecular weight is 438 g/mol. The maximum Gasteiger partial charge on any atom is 0.308 e. The van der Waals surface area contributed by atoms with Crippen molar-refractivity contribution in [2.75, 3.05) is 25.6 Å². The second kappa shape index (κ2) is 8.80. The maximum absolute atomic E-state index is 12.8. The smallest absolute Gasteiger partial charge is 0.308 e. The monoisotopic (exact) mass is 438 g/mol. The topological polar surface area (TPSA) is 111 Å². The van der Waals surface area contributed by atoms with Gasteiger partial charge in [0.05, 0.1) is 30.9 Å². The number of benzene rings is 2. The molecule has 0 bridgehead atoms. The summed E-state index contributed by atoms with van der Waals surface area (Å²) < 4.78 is 15.8. The Morgan fingerprint density at radius 2 is 1.88 bits per heavy atom. The van der Waals surface area contributed by atoms with Crippen LogP contribution < -0.4 is 14.8 Å². The van der Waals surface area contributed by atoms with Gasteiger partial charge in [0.15, 0.2) is 11.5 Å². The van der Waals surface area contributed by atoms with Crippen LogP contribution in [0.4, 0.5) is 5.69 Å². The van der Waals surface area contributed by atoms with Crippen molar-refractivity contribution in [2.45, 2.75) is 25.9 Å². The Balaban J connectivity index is 1.50. The first-order chi connectivity index (χ1) is 15.4. The average Bonchev–Trinajstić information content (AvgIpc) is 3.36. The molecule has 2 aliphatic rings. The molecular weight excluding hydrogens is 416 g/mol. The van der Waals surface area contributed by atoms with Gasteiger partial charge in [-0.2, -0.15) is 0 Å². The Hall–Kier alpha value is -3.72. The van der Waals surface area contributed by atoms with Crippen LogP contribution in [-0.4, -0.2) is 55.0 Å². The molecule has 2 aromatic rings. The van der Waals surface area contributed by atoms with E-state index in [2.05, 4.69) is 5.32 Å². The molecular formula is C23H22N2O7. The van der Waals surface area contributed by atoms with Crippen molar-refractivity contribution in [2.24, 2.45) is 0 Å². The molecule has 0 aromatic heterocycles. The number of ether oxygens (including phenoxy) is 3. The highest BCUT2D eigenvalue weighted by molar-refractivity contribution is 6.22. The fourth-order valence-corrected chi connectivity index (χ4v) is 3.78. The van der Waals surface area contributed by atoms with Crippen LogP contribution in [0.15, 0.2) is 36.4 Å². The first-order valence-electron chi connectivity index (χ1n) is 10.2. The van der Waals surface area contributed by atoms with E-state index in [1.165, 1.54) is 49.3 Å². The third-order valence-electron chi connectivity index (χ3n) is 5.32. The summed E-state index contributed by atoms with van der Waals surface area (Å²) in [4.78, 5) is 50.5. The van der Waals surface area contributed by atoms with E-state index < -0.39 is 17.8 Å². The predicted octanol–water partition coefficient (Wildman–Crippen LogP) is 2.65. The van der Waals surface area contributed by atoms with E-state index >= 15 is 0 Å². The summed E-state index contributed by atoms with van der Waals surface area (Å²) in [5.41, 5.74) is 1.18. The largest absolute Gasteiger partial charge is 0.493 e. The van der Waals surface area contributed by atoms with E-state index in [0.29, 0.717) is 17.9 Å². The highest BCUT2D eigenvalue weighted by Crippen LogP contribution is 2.30. The number of anilines is 1. The van der Waals surface area contributed by atoms with Gasteiger partial charge >= 0.3 is 5.97 Å². The summed E-state index contributed by atoms with van der Waals surface area (Å²) >= 11 is 0. The van der Waals surface area contributed by atoms with Crippen LogP contribution in [0.1, 0.15) is 50.8 Å². The van der Waals surface area contributed by atoms with E-state index in [9.17, 15) is 19.2 Å². The first-order valence-corrected chi connectivity index (χ1v) is 10.2. The number of hydrogen-bond donors (Lipinski definition) is 1. The molecule has 32 heavy (non-hydrogen) atoms. The van der Waals surface area contributed by atoms with Crippen molar-refractivity contribution in [3.05, 3.63) is 53.1 Å². The lowest BCUT2D eigenvalue weighted by Crippen LogP contribution is -2.36. The van der Waals surface area contributed by atoms with Gasteiger partial charge in [-0.3, -0.25) is 24.1 Å². The second-order valence-electron chi connectivity index (χ2n) is 7.53. The van der Waals surface area contributed by atoms with E-state index in [4.69, 9.17) is 14.2 Å². The number of rotatable bonds is 6. The molecule has 0 saturated carbocycles. The van der Waals surface area contributed by atoms with Crippen LogP contribution in [0.3, 0.4) is 0 Å². The number of nitrogens with zero attached hydrogens (tertiary/aromatic N) is 1. The molecule has 2 aromatic carbocycles. The zero-order valence-electron chi connectivity index (χ0n) is 17.7. The molecule has 1 unspecified atom stereocenters. The fourth-order valence-electron chi connectivity index (χ4n) is 3.78. The summed E-state index contributed by atoms with van der Waals surface area (Å²) in [5.74, 6) is -1.29. The molecule has 1 saturated heterocycles. The van der Waals surface area contributed by atoms with Gasteiger partial charge in [-0.25, -0.2) is 0 Å². The van der Waals surface area contributed by atoms with Crippen LogP contribution >= 0.6 is 0 Å². The molecule has 0 aliphatic carbocycles. The summed E-state index contributed by atoms with van der Waals surface area (Å²) in [5, 5.41) is 2.71. The zero-order valence-corrected chi connectivity index (χ0v) is 17.7. The molecule has 3 amide bonds. The number of carbonyl (C=O) groups excluding carboxylic acids is 4. The molecule has 2 aliphatic heterocycles. The molecule has 0 radical (unpaired) electrons. The standard InChI is InChI=1S/C23H22N2O7/c1-13(26)32-19-8-5-14(10-20(19)30-2)21(27)24-15-6-7-17-18(11-15)23(29)25(22(17)28)12-16-4-3-9-31-16/h5-8,10-11,16H,3-4,9,12H2,1-2H3,(H,24,27). The number of imide groups is 1.